The summed E-state index contributed by atoms with van der Waals surface area (Å²) in [6, 6.07) is 8.62. The number of rotatable bonds is 3. The number of hydrogen-bond donors (Lipinski definition) is 1. The second-order valence-corrected chi connectivity index (χ2v) is 5.97. The average molecular weight is 263 g/mol. The molecule has 0 bridgehead atoms. The molecular weight excluding hydrogens is 242 g/mol. The molecule has 0 saturated heterocycles. The van der Waals surface area contributed by atoms with Crippen molar-refractivity contribution in [3.63, 3.8) is 0 Å². The van der Waals surface area contributed by atoms with Gasteiger partial charge in [0, 0.05) is 5.54 Å². The van der Waals surface area contributed by atoms with Crippen molar-refractivity contribution in [1.29, 1.82) is 0 Å². The summed E-state index contributed by atoms with van der Waals surface area (Å²) in [5.74, 6) is -0.820. The van der Waals surface area contributed by atoms with E-state index in [1.165, 1.54) is 0 Å². The number of nitrogens with one attached hydrogen (secondary N) is 1. The van der Waals surface area contributed by atoms with E-state index in [1.54, 1.807) is 38.1 Å². The first-order valence-corrected chi connectivity index (χ1v) is 6.23. The highest BCUT2D eigenvalue weighted by Crippen LogP contribution is 2.15. The maximum atomic E-state index is 12.1. The fourth-order valence-electron chi connectivity index (χ4n) is 1.40. The molecule has 4 heteroatoms. The van der Waals surface area contributed by atoms with Gasteiger partial charge in [-0.05, 0) is 46.8 Å². The number of carbonyl (C=O) groups excluding carboxylic acids is 2. The van der Waals surface area contributed by atoms with Gasteiger partial charge in [0.05, 0.1) is 5.56 Å². The molecule has 0 heterocycles. The van der Waals surface area contributed by atoms with E-state index in [2.05, 4.69) is 5.32 Å². The molecule has 0 aliphatic carbocycles. The monoisotopic (exact) mass is 263 g/mol. The van der Waals surface area contributed by atoms with Crippen molar-refractivity contribution in [1.82, 2.24) is 5.32 Å². The van der Waals surface area contributed by atoms with Crippen molar-refractivity contribution >= 4 is 11.9 Å². The van der Waals surface area contributed by atoms with Gasteiger partial charge in [0.1, 0.15) is 0 Å². The normalized spacial score (nSPS) is 11.8. The maximum absolute atomic E-state index is 12.1. The lowest BCUT2D eigenvalue weighted by molar-refractivity contribution is -0.139. The number of ether oxygens (including phenoxy) is 1. The van der Waals surface area contributed by atoms with E-state index in [4.69, 9.17) is 4.74 Å². The number of benzene rings is 1. The topological polar surface area (TPSA) is 55.4 Å². The van der Waals surface area contributed by atoms with Gasteiger partial charge >= 0.3 is 5.97 Å². The third-order valence-corrected chi connectivity index (χ3v) is 2.39. The van der Waals surface area contributed by atoms with E-state index in [-0.39, 0.29) is 11.4 Å². The van der Waals surface area contributed by atoms with Crippen LogP contribution in [0.5, 0.6) is 0 Å². The van der Waals surface area contributed by atoms with Crippen LogP contribution in [0, 0.1) is 0 Å². The van der Waals surface area contributed by atoms with Gasteiger partial charge in [-0.3, -0.25) is 4.79 Å². The first-order chi connectivity index (χ1) is 8.62. The molecular formula is C15H21NO3. The van der Waals surface area contributed by atoms with Gasteiger partial charge in [-0.15, -0.1) is 0 Å². The fourth-order valence-corrected chi connectivity index (χ4v) is 1.40. The van der Waals surface area contributed by atoms with Crippen LogP contribution in [-0.4, -0.2) is 23.0 Å². The number of esters is 1. The predicted molar refractivity (Wildman–Crippen MR) is 73.8 cm³/mol. The molecule has 0 aliphatic rings. The highest BCUT2D eigenvalue weighted by molar-refractivity contribution is 5.93. The molecule has 0 radical (unpaired) electrons. The number of amides is 1. The van der Waals surface area contributed by atoms with Crippen LogP contribution in [0.4, 0.5) is 0 Å². The largest absolute Gasteiger partial charge is 0.446 e. The lowest BCUT2D eigenvalue weighted by atomic mass is 10.0. The van der Waals surface area contributed by atoms with E-state index in [9.17, 15) is 9.59 Å². The summed E-state index contributed by atoms with van der Waals surface area (Å²) < 4.78 is 5.28. The van der Waals surface area contributed by atoms with Crippen LogP contribution in [0.3, 0.4) is 0 Å². The molecule has 0 aromatic heterocycles. The molecule has 1 N–H and O–H groups in total. The molecule has 0 unspecified atom stereocenters. The third-order valence-electron chi connectivity index (χ3n) is 2.39. The standard InChI is InChI=1S/C15H21NO3/c1-14(2,3)16-13(18)15(4,5)19-12(17)11-9-7-6-8-10-11/h6-10H,1-5H3,(H,16,18). The van der Waals surface area contributed by atoms with Crippen LogP contribution >= 0.6 is 0 Å². The minimum absolute atomic E-state index is 0.315. The summed E-state index contributed by atoms with van der Waals surface area (Å²) in [5.41, 5.74) is -1.15. The van der Waals surface area contributed by atoms with E-state index in [1.807, 2.05) is 26.8 Å². The summed E-state index contributed by atoms with van der Waals surface area (Å²) in [5, 5.41) is 2.80. The van der Waals surface area contributed by atoms with Gasteiger partial charge in [0.25, 0.3) is 5.91 Å². The summed E-state index contributed by atoms with van der Waals surface area (Å²) in [6.45, 7) is 8.78. The molecule has 1 amide bonds. The van der Waals surface area contributed by atoms with E-state index in [0.717, 1.165) is 0 Å². The Hall–Kier alpha value is -1.84. The molecule has 0 fully saturated rings. The highest BCUT2D eigenvalue weighted by atomic mass is 16.6. The molecule has 0 spiro atoms. The summed E-state index contributed by atoms with van der Waals surface area (Å²) in [4.78, 5) is 24.0. The van der Waals surface area contributed by atoms with Gasteiger partial charge in [0.15, 0.2) is 5.60 Å². The van der Waals surface area contributed by atoms with Gasteiger partial charge in [-0.25, -0.2) is 4.79 Å². The Bertz CT molecular complexity index is 458. The molecule has 0 aliphatic heterocycles. The lowest BCUT2D eigenvalue weighted by Gasteiger charge is -2.29. The van der Waals surface area contributed by atoms with Gasteiger partial charge in [0.2, 0.25) is 0 Å². The van der Waals surface area contributed by atoms with Crippen molar-refractivity contribution in [3.05, 3.63) is 35.9 Å². The first kappa shape index (κ1) is 15.2. The first-order valence-electron chi connectivity index (χ1n) is 6.23. The van der Waals surface area contributed by atoms with Crippen LogP contribution in [0.25, 0.3) is 0 Å². The van der Waals surface area contributed by atoms with Gasteiger partial charge in [-0.2, -0.15) is 0 Å². The zero-order chi connectivity index (χ0) is 14.7. The van der Waals surface area contributed by atoms with Crippen LogP contribution in [-0.2, 0) is 9.53 Å². The second kappa shape index (κ2) is 5.43. The van der Waals surface area contributed by atoms with E-state index in [0.29, 0.717) is 5.56 Å². The molecule has 4 nitrogen and oxygen atoms in total. The van der Waals surface area contributed by atoms with Gasteiger partial charge in [-0.1, -0.05) is 18.2 Å². The van der Waals surface area contributed by atoms with Gasteiger partial charge < -0.3 is 10.1 Å². The van der Waals surface area contributed by atoms with E-state index >= 15 is 0 Å². The molecule has 1 rings (SSSR count). The Kier molecular flexibility index (Phi) is 4.35. The van der Waals surface area contributed by atoms with Crippen LogP contribution in [0.1, 0.15) is 45.0 Å². The molecule has 0 atom stereocenters. The van der Waals surface area contributed by atoms with Crippen molar-refractivity contribution in [2.24, 2.45) is 0 Å². The Labute approximate surface area is 114 Å². The predicted octanol–water partition coefficient (Wildman–Crippen LogP) is 2.54. The third kappa shape index (κ3) is 4.73. The zero-order valence-corrected chi connectivity index (χ0v) is 12.1. The maximum Gasteiger partial charge on any atom is 0.339 e. The molecule has 1 aromatic carbocycles. The Morgan fingerprint density at radius 2 is 1.53 bits per heavy atom. The second-order valence-electron chi connectivity index (χ2n) is 5.97. The summed E-state index contributed by atoms with van der Waals surface area (Å²) in [7, 11) is 0. The van der Waals surface area contributed by atoms with E-state index < -0.39 is 11.6 Å². The average Bonchev–Trinajstić information content (AvgIpc) is 2.27. The Balaban J connectivity index is 2.74. The lowest BCUT2D eigenvalue weighted by Crippen LogP contribution is -2.52. The van der Waals surface area contributed by atoms with Crippen molar-refractivity contribution in [3.8, 4) is 0 Å². The quantitative estimate of drug-likeness (QED) is 0.853. The van der Waals surface area contributed by atoms with Crippen molar-refractivity contribution in [2.45, 2.75) is 45.8 Å². The van der Waals surface area contributed by atoms with Crippen LogP contribution in [0.2, 0.25) is 0 Å². The molecule has 104 valence electrons. The summed E-state index contributed by atoms with van der Waals surface area (Å²) >= 11 is 0. The summed E-state index contributed by atoms with van der Waals surface area (Å²) in [6.07, 6.45) is 0. The minimum atomic E-state index is -1.21. The van der Waals surface area contributed by atoms with Crippen LogP contribution in [0.15, 0.2) is 30.3 Å². The highest BCUT2D eigenvalue weighted by Gasteiger charge is 2.34. The SMILES string of the molecule is CC(C)(C)NC(=O)C(C)(C)OC(=O)c1ccccc1. The Morgan fingerprint density at radius 3 is 2.00 bits per heavy atom. The van der Waals surface area contributed by atoms with Crippen molar-refractivity contribution in [2.75, 3.05) is 0 Å². The minimum Gasteiger partial charge on any atom is -0.446 e. The Morgan fingerprint density at radius 1 is 1.00 bits per heavy atom. The number of carbonyl (C=O) groups is 2. The number of hydrogen-bond acceptors (Lipinski definition) is 3. The molecule has 1 aromatic rings. The van der Waals surface area contributed by atoms with Crippen LogP contribution < -0.4 is 5.32 Å². The van der Waals surface area contributed by atoms with Crippen molar-refractivity contribution < 1.29 is 14.3 Å². The molecule has 0 saturated carbocycles. The molecule has 19 heavy (non-hydrogen) atoms. The fraction of sp³-hybridized carbons (Fsp3) is 0.467. The smallest absolute Gasteiger partial charge is 0.339 e. The zero-order valence-electron chi connectivity index (χ0n) is 12.1.